The first-order valence-corrected chi connectivity index (χ1v) is 18.6. The normalized spacial score (nSPS) is 20.7. The van der Waals surface area contributed by atoms with Crippen LogP contribution in [0.4, 0.5) is 4.79 Å². The highest BCUT2D eigenvalue weighted by atomic mass is 31.2. The van der Waals surface area contributed by atoms with E-state index in [9.17, 15) is 38.2 Å². The lowest BCUT2D eigenvalue weighted by molar-refractivity contribution is -0.150. The molecule has 48 heavy (non-hydrogen) atoms. The lowest BCUT2D eigenvalue weighted by atomic mass is 9.96. The van der Waals surface area contributed by atoms with Gasteiger partial charge in [0.15, 0.2) is 0 Å². The maximum absolute atomic E-state index is 13.5. The number of amides is 6. The Morgan fingerprint density at radius 3 is 2.29 bits per heavy atom. The van der Waals surface area contributed by atoms with Gasteiger partial charge in [0.2, 0.25) is 31.0 Å². The maximum atomic E-state index is 13.5. The minimum atomic E-state index is -4.30. The highest BCUT2D eigenvalue weighted by molar-refractivity contribution is 7.58. The predicted molar refractivity (Wildman–Crippen MR) is 177 cm³/mol. The summed E-state index contributed by atoms with van der Waals surface area (Å²) in [7, 11) is -2.84. The van der Waals surface area contributed by atoms with Gasteiger partial charge >= 0.3 is 6.09 Å². The third kappa shape index (κ3) is 11.2. The number of carbonyl (C=O) groups is 6. The average Bonchev–Trinajstić information content (AvgIpc) is 3.53. The van der Waals surface area contributed by atoms with Crippen LogP contribution >= 0.6 is 7.37 Å². The number of carbonyl (C=O) groups excluding carboxylic acids is 6. The standard InChI is InChI=1S/C33H50N5O9P/c1-21(2)16-24(29(40)36-26(17-22(3)4)30(41)34-5)19-48(45,46)20-38-28(39)14-13-25(32(38)43)35-31(42)27-12-9-15-37(27)33(44)47-18-23-10-7-6-8-11-23/h6-8,10-11,21-22,24-27H,9,12-20H2,1-5H3,(H,34,41)(H,35,42)(H,36,40)(H,45,46)/t24?,25-,26-,27-/m0/s1. The van der Waals surface area contributed by atoms with Crippen LogP contribution in [0.1, 0.15) is 71.8 Å². The predicted octanol–water partition coefficient (Wildman–Crippen LogP) is 2.59. The molecule has 0 radical (unpaired) electrons. The van der Waals surface area contributed by atoms with E-state index in [1.165, 1.54) is 11.9 Å². The molecule has 0 saturated carbocycles. The Morgan fingerprint density at radius 1 is 1.00 bits per heavy atom. The Hall–Kier alpha value is -3.77. The molecule has 1 aromatic carbocycles. The Balaban J connectivity index is 1.65. The fourth-order valence-electron chi connectivity index (χ4n) is 6.07. The van der Waals surface area contributed by atoms with Crippen molar-refractivity contribution in [3.63, 3.8) is 0 Å². The zero-order chi connectivity index (χ0) is 35.6. The van der Waals surface area contributed by atoms with Crippen LogP contribution in [0.2, 0.25) is 0 Å². The van der Waals surface area contributed by atoms with Gasteiger partial charge in [0, 0.05) is 32.1 Å². The molecule has 0 bridgehead atoms. The molecular weight excluding hydrogens is 641 g/mol. The van der Waals surface area contributed by atoms with Crippen LogP contribution in [-0.4, -0.2) is 94.5 Å². The number of piperidine rings is 1. The van der Waals surface area contributed by atoms with Crippen LogP contribution in [0.3, 0.4) is 0 Å². The van der Waals surface area contributed by atoms with Gasteiger partial charge in [-0.1, -0.05) is 58.0 Å². The van der Waals surface area contributed by atoms with Gasteiger partial charge < -0.3 is 25.6 Å². The van der Waals surface area contributed by atoms with Crippen LogP contribution in [0.25, 0.3) is 0 Å². The minimum absolute atomic E-state index is 0.00404. The summed E-state index contributed by atoms with van der Waals surface area (Å²) in [5, 5.41) is 7.88. The van der Waals surface area contributed by atoms with Gasteiger partial charge in [-0.25, -0.2) is 4.79 Å². The minimum Gasteiger partial charge on any atom is -0.445 e. The van der Waals surface area contributed by atoms with Gasteiger partial charge in [0.25, 0.3) is 5.91 Å². The van der Waals surface area contributed by atoms with Gasteiger partial charge in [0.1, 0.15) is 31.0 Å². The molecule has 15 heteroatoms. The molecule has 0 aromatic heterocycles. The number of ether oxygens (including phenoxy) is 1. The average molecular weight is 692 g/mol. The number of rotatable bonds is 15. The molecular formula is C33H50N5O9P. The Labute approximate surface area is 282 Å². The smallest absolute Gasteiger partial charge is 0.410 e. The molecule has 4 N–H and O–H groups in total. The molecule has 2 aliphatic rings. The second-order valence-electron chi connectivity index (χ2n) is 13.5. The lowest BCUT2D eigenvalue weighted by Crippen LogP contribution is -2.57. The summed E-state index contributed by atoms with van der Waals surface area (Å²) >= 11 is 0. The van der Waals surface area contributed by atoms with E-state index in [4.69, 9.17) is 4.74 Å². The Bertz CT molecular complexity index is 1370. The monoisotopic (exact) mass is 691 g/mol. The number of benzene rings is 1. The molecule has 5 atom stereocenters. The molecule has 3 rings (SSSR count). The third-order valence-corrected chi connectivity index (χ3v) is 10.1. The molecule has 0 aliphatic carbocycles. The molecule has 6 amide bonds. The van der Waals surface area contributed by atoms with E-state index in [0.717, 1.165) is 5.56 Å². The summed E-state index contributed by atoms with van der Waals surface area (Å²) in [5.41, 5.74) is 0.792. The van der Waals surface area contributed by atoms with Crippen LogP contribution in [0.5, 0.6) is 0 Å². The third-order valence-electron chi connectivity index (χ3n) is 8.40. The second kappa shape index (κ2) is 17.6. The van der Waals surface area contributed by atoms with Crippen molar-refractivity contribution in [3.8, 4) is 0 Å². The number of nitrogens with one attached hydrogen (secondary N) is 3. The van der Waals surface area contributed by atoms with E-state index in [-0.39, 0.29) is 43.6 Å². The zero-order valence-electron chi connectivity index (χ0n) is 28.5. The van der Waals surface area contributed by atoms with E-state index in [2.05, 4.69) is 16.0 Å². The van der Waals surface area contributed by atoms with Gasteiger partial charge in [-0.05, 0) is 49.5 Å². The quantitative estimate of drug-likeness (QED) is 0.158. The highest BCUT2D eigenvalue weighted by Crippen LogP contribution is 2.45. The molecule has 2 heterocycles. The van der Waals surface area contributed by atoms with Crippen molar-refractivity contribution in [2.24, 2.45) is 17.8 Å². The molecule has 2 aliphatic heterocycles. The number of likely N-dealkylation sites (tertiary alicyclic amines) is 2. The van der Waals surface area contributed by atoms with Crippen molar-refractivity contribution in [3.05, 3.63) is 35.9 Å². The van der Waals surface area contributed by atoms with Crippen LogP contribution < -0.4 is 16.0 Å². The molecule has 2 unspecified atom stereocenters. The summed E-state index contributed by atoms with van der Waals surface area (Å²) in [6.45, 7) is 7.86. The molecule has 14 nitrogen and oxygen atoms in total. The molecule has 2 saturated heterocycles. The Morgan fingerprint density at radius 2 is 1.67 bits per heavy atom. The fraction of sp³-hybridized carbons (Fsp3) is 0.636. The summed E-state index contributed by atoms with van der Waals surface area (Å²) < 4.78 is 18.9. The SMILES string of the molecule is CNC(=O)[C@H](CC(C)C)NC(=O)C(CC(C)C)CP(=O)(O)CN1C(=O)CC[C@H](NC(=O)[C@@H]2CCCN2C(=O)OCc2ccccc2)C1=O. The molecule has 0 spiro atoms. The van der Waals surface area contributed by atoms with E-state index >= 15 is 0 Å². The lowest BCUT2D eigenvalue weighted by Gasteiger charge is -2.34. The number of likely N-dealkylation sites (N-methyl/N-ethyl adjacent to an activating group) is 1. The second-order valence-corrected chi connectivity index (χ2v) is 15.8. The summed E-state index contributed by atoms with van der Waals surface area (Å²) in [6.07, 6.45) is -0.602. The maximum Gasteiger partial charge on any atom is 0.410 e. The summed E-state index contributed by atoms with van der Waals surface area (Å²) in [5.74, 6) is -3.90. The van der Waals surface area contributed by atoms with E-state index in [0.29, 0.717) is 30.7 Å². The van der Waals surface area contributed by atoms with E-state index < -0.39 is 73.6 Å². The van der Waals surface area contributed by atoms with E-state index in [1.807, 2.05) is 58.0 Å². The summed E-state index contributed by atoms with van der Waals surface area (Å²) in [4.78, 5) is 91.1. The van der Waals surface area contributed by atoms with Gasteiger partial charge in [-0.3, -0.25) is 38.3 Å². The van der Waals surface area contributed by atoms with Gasteiger partial charge in [0.05, 0.1) is 0 Å². The first kappa shape index (κ1) is 38.7. The van der Waals surface area contributed by atoms with Crippen molar-refractivity contribution in [2.45, 2.75) is 91.0 Å². The number of imide groups is 1. The molecule has 1 aromatic rings. The van der Waals surface area contributed by atoms with Crippen molar-refractivity contribution in [1.29, 1.82) is 0 Å². The highest BCUT2D eigenvalue weighted by Gasteiger charge is 2.43. The fourth-order valence-corrected chi connectivity index (χ4v) is 7.93. The van der Waals surface area contributed by atoms with Gasteiger partial charge in [-0.15, -0.1) is 0 Å². The van der Waals surface area contributed by atoms with Crippen LogP contribution in [-0.2, 0) is 39.9 Å². The number of hydrogen-bond donors (Lipinski definition) is 4. The van der Waals surface area contributed by atoms with Gasteiger partial charge in [-0.2, -0.15) is 0 Å². The van der Waals surface area contributed by atoms with Crippen molar-refractivity contribution < 1.29 is 43.0 Å². The van der Waals surface area contributed by atoms with Crippen LogP contribution in [0.15, 0.2) is 30.3 Å². The molecule has 266 valence electrons. The van der Waals surface area contributed by atoms with Crippen molar-refractivity contribution in [1.82, 2.24) is 25.8 Å². The largest absolute Gasteiger partial charge is 0.445 e. The zero-order valence-corrected chi connectivity index (χ0v) is 29.4. The topological polar surface area (TPSA) is 192 Å². The van der Waals surface area contributed by atoms with Crippen LogP contribution in [0, 0.1) is 17.8 Å². The van der Waals surface area contributed by atoms with Crippen molar-refractivity contribution in [2.75, 3.05) is 26.0 Å². The number of hydrogen-bond acceptors (Lipinski definition) is 8. The Kier molecular flexibility index (Phi) is 14.2. The van der Waals surface area contributed by atoms with Crippen molar-refractivity contribution >= 4 is 43.0 Å². The molecule has 2 fully saturated rings. The van der Waals surface area contributed by atoms with E-state index in [1.54, 1.807) is 0 Å². The summed E-state index contributed by atoms with van der Waals surface area (Å²) in [6, 6.07) is 6.26. The first-order valence-electron chi connectivity index (χ1n) is 16.6. The number of nitrogens with zero attached hydrogens (tertiary/aromatic N) is 2. The first-order chi connectivity index (χ1) is 22.6.